The van der Waals surface area contributed by atoms with Gasteiger partial charge in [-0.05, 0) is 119 Å². The maximum atomic E-state index is 6.37. The topological polar surface area (TPSA) is 26.3 Å². The van der Waals surface area contributed by atoms with Crippen molar-refractivity contribution in [2.24, 2.45) is 0 Å². The molecule has 0 aliphatic heterocycles. The third kappa shape index (κ3) is 4.28. The number of fused-ring (bicyclic) bond motifs is 10. The molecule has 0 saturated carbocycles. The summed E-state index contributed by atoms with van der Waals surface area (Å²) in [5.74, 6) is 0. The van der Waals surface area contributed by atoms with Crippen LogP contribution in [-0.4, -0.2) is 0 Å². The number of para-hydroxylation sites is 1. The number of hydrogen-bond acceptors (Lipinski definition) is 2. The molecule has 0 bridgehead atoms. The van der Waals surface area contributed by atoms with Gasteiger partial charge in [0.15, 0.2) is 0 Å². The van der Waals surface area contributed by atoms with Gasteiger partial charge in [-0.1, -0.05) is 140 Å². The molecule has 0 spiro atoms. The maximum Gasteiger partial charge on any atom is 0.136 e. The van der Waals surface area contributed by atoms with Gasteiger partial charge in [-0.15, -0.1) is 0 Å². The highest BCUT2D eigenvalue weighted by Crippen LogP contribution is 2.46. The Labute approximate surface area is 310 Å². The number of rotatable bonds is 3. The molecule has 0 fully saturated rings. The van der Waals surface area contributed by atoms with Gasteiger partial charge in [-0.25, -0.2) is 0 Å². The summed E-state index contributed by atoms with van der Waals surface area (Å²) in [5, 5.41) is 14.3. The van der Waals surface area contributed by atoms with Crippen molar-refractivity contribution in [1.82, 2.24) is 0 Å². The van der Waals surface area contributed by atoms with E-state index in [1.807, 2.05) is 18.2 Å². The van der Waals surface area contributed by atoms with E-state index in [-0.39, 0.29) is 0 Å². The van der Waals surface area contributed by atoms with Crippen molar-refractivity contribution >= 4 is 87.0 Å². The fourth-order valence-corrected chi connectivity index (χ4v) is 8.93. The van der Waals surface area contributed by atoms with Crippen molar-refractivity contribution in [1.29, 1.82) is 0 Å². The summed E-state index contributed by atoms with van der Waals surface area (Å²) in [7, 11) is 0. The zero-order valence-electron chi connectivity index (χ0n) is 29.1. The summed E-state index contributed by atoms with van der Waals surface area (Å²) >= 11 is 0. The Bertz CT molecular complexity index is 3440. The summed E-state index contributed by atoms with van der Waals surface area (Å²) in [5.41, 5.74) is 10.9. The summed E-state index contributed by atoms with van der Waals surface area (Å²) in [6.45, 7) is 0. The van der Waals surface area contributed by atoms with Gasteiger partial charge in [0.25, 0.3) is 0 Å². The lowest BCUT2D eigenvalue weighted by Gasteiger charge is -2.19. The van der Waals surface area contributed by atoms with E-state index >= 15 is 0 Å². The van der Waals surface area contributed by atoms with Crippen LogP contribution in [0.1, 0.15) is 0 Å². The molecule has 0 saturated heterocycles. The van der Waals surface area contributed by atoms with Crippen LogP contribution in [0.4, 0.5) is 0 Å². The third-order valence-electron chi connectivity index (χ3n) is 11.4. The SMILES string of the molecule is c1ccc2c(-c3c4ccccc4c(-c4ccc5cc(-c6ccc7oc8cc9c(cc8c7c6)oc6ccccc69)ccc5c4)c4ccccc34)cccc2c1. The van der Waals surface area contributed by atoms with Gasteiger partial charge in [0.05, 0.1) is 0 Å². The smallest absolute Gasteiger partial charge is 0.136 e. The Kier molecular flexibility index (Phi) is 6.09. The van der Waals surface area contributed by atoms with Crippen molar-refractivity contribution in [3.05, 3.63) is 182 Å². The van der Waals surface area contributed by atoms with Crippen LogP contribution in [0.3, 0.4) is 0 Å². The molecule has 54 heavy (non-hydrogen) atoms. The molecular weight excluding hydrogens is 657 g/mol. The Hall–Kier alpha value is -7.16. The van der Waals surface area contributed by atoms with Crippen LogP contribution in [0.5, 0.6) is 0 Å². The second-order valence-electron chi connectivity index (χ2n) is 14.4. The molecule has 2 heterocycles. The van der Waals surface area contributed by atoms with E-state index in [0.29, 0.717) is 0 Å². The zero-order chi connectivity index (χ0) is 35.3. The van der Waals surface area contributed by atoms with Gasteiger partial charge in [0.1, 0.15) is 22.3 Å². The first-order valence-electron chi connectivity index (χ1n) is 18.5. The van der Waals surface area contributed by atoms with E-state index < -0.39 is 0 Å². The quantitative estimate of drug-likeness (QED) is 0.173. The summed E-state index contributed by atoms with van der Waals surface area (Å²) < 4.78 is 12.6. The fraction of sp³-hybridized carbons (Fsp3) is 0. The number of benzene rings is 10. The first-order chi connectivity index (χ1) is 26.7. The van der Waals surface area contributed by atoms with Crippen LogP contribution in [-0.2, 0) is 0 Å². The van der Waals surface area contributed by atoms with Crippen molar-refractivity contribution in [2.45, 2.75) is 0 Å². The molecule has 2 aromatic heterocycles. The molecule has 0 unspecified atom stereocenters. The lowest BCUT2D eigenvalue weighted by Crippen LogP contribution is -1.91. The van der Waals surface area contributed by atoms with Crippen molar-refractivity contribution < 1.29 is 8.83 Å². The molecule has 0 aliphatic rings. The van der Waals surface area contributed by atoms with E-state index in [4.69, 9.17) is 8.83 Å². The van der Waals surface area contributed by atoms with E-state index in [1.54, 1.807) is 0 Å². The average molecular weight is 687 g/mol. The predicted molar refractivity (Wildman–Crippen MR) is 227 cm³/mol. The first-order valence-corrected chi connectivity index (χ1v) is 18.5. The van der Waals surface area contributed by atoms with Crippen LogP contribution < -0.4 is 0 Å². The molecule has 10 aromatic carbocycles. The minimum atomic E-state index is 0.873. The van der Waals surface area contributed by atoms with Gasteiger partial charge in [-0.2, -0.15) is 0 Å². The molecule has 2 heteroatoms. The van der Waals surface area contributed by atoms with E-state index in [0.717, 1.165) is 49.4 Å². The third-order valence-corrected chi connectivity index (χ3v) is 11.4. The molecule has 0 aliphatic carbocycles. The van der Waals surface area contributed by atoms with Crippen LogP contribution in [0.15, 0.2) is 191 Å². The van der Waals surface area contributed by atoms with E-state index in [9.17, 15) is 0 Å². The Morgan fingerprint density at radius 3 is 1.44 bits per heavy atom. The highest BCUT2D eigenvalue weighted by atomic mass is 16.3. The maximum absolute atomic E-state index is 6.37. The van der Waals surface area contributed by atoms with Gasteiger partial charge in [-0.3, -0.25) is 0 Å². The molecular formula is C52H30O2. The predicted octanol–water partition coefficient (Wildman–Crippen LogP) is 15.1. The Balaban J connectivity index is 0.995. The van der Waals surface area contributed by atoms with Crippen molar-refractivity contribution in [3.8, 4) is 33.4 Å². The molecule has 250 valence electrons. The lowest BCUT2D eigenvalue weighted by atomic mass is 9.84. The highest BCUT2D eigenvalue weighted by molar-refractivity contribution is 6.24. The van der Waals surface area contributed by atoms with Gasteiger partial charge < -0.3 is 8.83 Å². The minimum absolute atomic E-state index is 0.873. The first kappa shape index (κ1) is 29.4. The lowest BCUT2D eigenvalue weighted by molar-refractivity contribution is 0.664. The second-order valence-corrected chi connectivity index (χ2v) is 14.4. The Morgan fingerprint density at radius 1 is 0.241 bits per heavy atom. The number of furan rings is 2. The largest absolute Gasteiger partial charge is 0.456 e. The molecule has 12 aromatic rings. The van der Waals surface area contributed by atoms with Crippen LogP contribution in [0, 0.1) is 0 Å². The van der Waals surface area contributed by atoms with E-state index in [2.05, 4.69) is 164 Å². The zero-order valence-corrected chi connectivity index (χ0v) is 29.1. The van der Waals surface area contributed by atoms with Crippen LogP contribution in [0.25, 0.3) is 120 Å². The van der Waals surface area contributed by atoms with Crippen LogP contribution >= 0.6 is 0 Å². The summed E-state index contributed by atoms with van der Waals surface area (Å²) in [6, 6.07) is 65.9. The second kappa shape index (κ2) is 11.2. The molecule has 0 amide bonds. The fourth-order valence-electron chi connectivity index (χ4n) is 8.93. The van der Waals surface area contributed by atoms with Crippen molar-refractivity contribution in [2.75, 3.05) is 0 Å². The Morgan fingerprint density at radius 2 is 0.722 bits per heavy atom. The standard InChI is InChI=1S/C52H30O2/c1-2-12-37-31(10-1)11-9-18-39(37)52-42-16-5-3-14-40(42)51(41-15-4-6-17-43(41)52)36-23-22-32-26-33(20-21-34(32)27-36)35-24-25-48-44(28-35)46-30-49-45(29-50(46)54-48)38-13-7-8-19-47(38)53-49/h1-30H. The average Bonchev–Trinajstić information content (AvgIpc) is 3.78. The van der Waals surface area contributed by atoms with Gasteiger partial charge >= 0.3 is 0 Å². The molecule has 2 nitrogen and oxygen atoms in total. The minimum Gasteiger partial charge on any atom is -0.456 e. The summed E-state index contributed by atoms with van der Waals surface area (Å²) in [6.07, 6.45) is 0. The number of hydrogen-bond donors (Lipinski definition) is 0. The molecule has 0 atom stereocenters. The normalized spacial score (nSPS) is 12.1. The van der Waals surface area contributed by atoms with Gasteiger partial charge in [0.2, 0.25) is 0 Å². The van der Waals surface area contributed by atoms with Gasteiger partial charge in [0, 0.05) is 21.5 Å². The molecule has 0 radical (unpaired) electrons. The van der Waals surface area contributed by atoms with E-state index in [1.165, 1.54) is 70.9 Å². The molecule has 12 rings (SSSR count). The molecule has 0 N–H and O–H groups in total. The van der Waals surface area contributed by atoms with Crippen molar-refractivity contribution in [3.63, 3.8) is 0 Å². The summed E-state index contributed by atoms with van der Waals surface area (Å²) in [4.78, 5) is 0. The highest BCUT2D eigenvalue weighted by Gasteiger charge is 2.19. The monoisotopic (exact) mass is 686 g/mol. The van der Waals surface area contributed by atoms with Crippen LogP contribution in [0.2, 0.25) is 0 Å².